The fraction of sp³-hybridized carbons (Fsp3) is 0.375. The number of nitrogens with zero attached hydrogens (tertiary/aromatic N) is 2. The van der Waals surface area contributed by atoms with Crippen LogP contribution in [0.15, 0.2) is 6.07 Å². The fourth-order valence-electron chi connectivity index (χ4n) is 0.854. The van der Waals surface area contributed by atoms with Crippen LogP contribution in [0.25, 0.3) is 0 Å². The third-order valence-corrected chi connectivity index (χ3v) is 1.83. The van der Waals surface area contributed by atoms with Gasteiger partial charge >= 0.3 is 0 Å². The number of hydrogen-bond acceptors (Lipinski definition) is 4. The van der Waals surface area contributed by atoms with Crippen molar-refractivity contribution in [3.63, 3.8) is 0 Å². The van der Waals surface area contributed by atoms with Crippen LogP contribution in [0.1, 0.15) is 6.42 Å². The zero-order chi connectivity index (χ0) is 11.3. The van der Waals surface area contributed by atoms with Crippen molar-refractivity contribution >= 4 is 34.9 Å². The zero-order valence-corrected chi connectivity index (χ0v) is 9.47. The SMILES string of the molecule is COCCC(=O)Nc1cc(Cl)nc(Cl)n1. The average Bonchev–Trinajstić information content (AvgIpc) is 2.13. The number of carbonyl (C=O) groups is 1. The van der Waals surface area contributed by atoms with Gasteiger partial charge in [0.15, 0.2) is 0 Å². The molecule has 0 aliphatic rings. The maximum absolute atomic E-state index is 11.3. The van der Waals surface area contributed by atoms with Gasteiger partial charge in [-0.15, -0.1) is 0 Å². The molecular weight excluding hydrogens is 241 g/mol. The highest BCUT2D eigenvalue weighted by Crippen LogP contribution is 2.14. The van der Waals surface area contributed by atoms with Crippen molar-refractivity contribution in [2.75, 3.05) is 19.0 Å². The van der Waals surface area contributed by atoms with Gasteiger partial charge in [-0.2, -0.15) is 0 Å². The monoisotopic (exact) mass is 249 g/mol. The molecule has 0 unspecified atom stereocenters. The van der Waals surface area contributed by atoms with Gasteiger partial charge in [0, 0.05) is 13.2 Å². The Hall–Kier alpha value is -0.910. The van der Waals surface area contributed by atoms with E-state index < -0.39 is 0 Å². The molecule has 0 bridgehead atoms. The van der Waals surface area contributed by atoms with Gasteiger partial charge in [0.2, 0.25) is 11.2 Å². The van der Waals surface area contributed by atoms with Gasteiger partial charge in [-0.1, -0.05) is 11.6 Å². The number of carbonyl (C=O) groups excluding carboxylic acids is 1. The summed E-state index contributed by atoms with van der Waals surface area (Å²) in [5, 5.41) is 2.69. The Bertz CT molecular complexity index is 339. The first-order valence-electron chi connectivity index (χ1n) is 4.10. The number of aromatic nitrogens is 2. The van der Waals surface area contributed by atoms with Crippen LogP contribution < -0.4 is 5.32 Å². The highest BCUT2D eigenvalue weighted by Gasteiger charge is 2.05. The molecule has 0 aliphatic carbocycles. The first-order chi connectivity index (χ1) is 7.11. The fourth-order valence-corrected chi connectivity index (χ4v) is 1.26. The minimum Gasteiger partial charge on any atom is -0.384 e. The summed E-state index contributed by atoms with van der Waals surface area (Å²) in [6.07, 6.45) is 0.246. The van der Waals surface area contributed by atoms with E-state index in [4.69, 9.17) is 27.9 Å². The molecule has 7 heteroatoms. The Morgan fingerprint density at radius 1 is 1.53 bits per heavy atom. The van der Waals surface area contributed by atoms with Gasteiger partial charge < -0.3 is 10.1 Å². The number of ether oxygens (including phenoxy) is 1. The van der Waals surface area contributed by atoms with Gasteiger partial charge in [-0.3, -0.25) is 4.79 Å². The Kier molecular flexibility index (Phi) is 4.74. The molecule has 1 aromatic rings. The zero-order valence-electron chi connectivity index (χ0n) is 7.96. The van der Waals surface area contributed by atoms with Crippen LogP contribution in [0.2, 0.25) is 10.4 Å². The number of rotatable bonds is 4. The Morgan fingerprint density at radius 3 is 2.87 bits per heavy atom. The van der Waals surface area contributed by atoms with E-state index in [2.05, 4.69) is 15.3 Å². The number of anilines is 1. The molecule has 1 amide bonds. The second-order valence-electron chi connectivity index (χ2n) is 2.64. The quantitative estimate of drug-likeness (QED) is 0.653. The molecular formula is C8H9Cl2N3O2. The summed E-state index contributed by atoms with van der Waals surface area (Å²) in [7, 11) is 1.52. The number of halogens is 2. The smallest absolute Gasteiger partial charge is 0.227 e. The molecule has 1 heterocycles. The summed E-state index contributed by atoms with van der Waals surface area (Å²) in [4.78, 5) is 18.7. The van der Waals surface area contributed by atoms with Gasteiger partial charge in [-0.05, 0) is 11.6 Å². The van der Waals surface area contributed by atoms with E-state index in [1.54, 1.807) is 0 Å². The lowest BCUT2D eigenvalue weighted by Crippen LogP contribution is -2.14. The molecule has 1 aromatic heterocycles. The van der Waals surface area contributed by atoms with Gasteiger partial charge in [0.1, 0.15) is 11.0 Å². The van der Waals surface area contributed by atoms with Crippen LogP contribution in [-0.4, -0.2) is 29.6 Å². The second kappa shape index (κ2) is 5.85. The minimum absolute atomic E-state index is 0.00968. The first-order valence-corrected chi connectivity index (χ1v) is 4.86. The summed E-state index contributed by atoms with van der Waals surface area (Å²) in [6.45, 7) is 0.346. The topological polar surface area (TPSA) is 64.1 Å². The lowest BCUT2D eigenvalue weighted by molar-refractivity contribution is -0.117. The standard InChI is InChI=1S/C8H9Cl2N3O2/c1-15-3-2-7(14)12-6-4-5(9)11-8(10)13-6/h4H,2-3H2,1H3,(H,11,12,13,14). The lowest BCUT2D eigenvalue weighted by Gasteiger charge is -2.04. The Morgan fingerprint density at radius 2 is 2.27 bits per heavy atom. The van der Waals surface area contributed by atoms with Crippen molar-refractivity contribution in [3.8, 4) is 0 Å². The molecule has 0 saturated carbocycles. The molecule has 82 valence electrons. The predicted octanol–water partition coefficient (Wildman–Crippen LogP) is 1.76. The van der Waals surface area contributed by atoms with Crippen molar-refractivity contribution in [1.29, 1.82) is 0 Å². The summed E-state index contributed by atoms with van der Waals surface area (Å²) in [6, 6.07) is 1.41. The summed E-state index contributed by atoms with van der Waals surface area (Å²) >= 11 is 11.2. The number of methoxy groups -OCH3 is 1. The van der Waals surface area contributed by atoms with E-state index in [0.717, 1.165) is 0 Å². The molecule has 1 rings (SSSR count). The van der Waals surface area contributed by atoms with E-state index in [1.807, 2.05) is 0 Å². The molecule has 15 heavy (non-hydrogen) atoms. The van der Waals surface area contributed by atoms with E-state index in [1.165, 1.54) is 13.2 Å². The van der Waals surface area contributed by atoms with Crippen LogP contribution >= 0.6 is 23.2 Å². The number of nitrogens with one attached hydrogen (secondary N) is 1. The van der Waals surface area contributed by atoms with Gasteiger partial charge in [0.25, 0.3) is 0 Å². The molecule has 0 aromatic carbocycles. The largest absolute Gasteiger partial charge is 0.384 e. The molecule has 0 saturated heterocycles. The Labute approximate surface area is 96.8 Å². The van der Waals surface area contributed by atoms with E-state index in [9.17, 15) is 4.79 Å². The molecule has 0 atom stereocenters. The normalized spacial score (nSPS) is 10.1. The molecule has 1 N–H and O–H groups in total. The van der Waals surface area contributed by atoms with Crippen molar-refractivity contribution in [1.82, 2.24) is 9.97 Å². The maximum Gasteiger partial charge on any atom is 0.227 e. The van der Waals surface area contributed by atoms with Gasteiger partial charge in [-0.25, -0.2) is 9.97 Å². The average molecular weight is 250 g/mol. The summed E-state index contributed by atoms with van der Waals surface area (Å²) in [5.41, 5.74) is 0. The van der Waals surface area contributed by atoms with E-state index in [-0.39, 0.29) is 28.6 Å². The van der Waals surface area contributed by atoms with Crippen molar-refractivity contribution < 1.29 is 9.53 Å². The van der Waals surface area contributed by atoms with E-state index in [0.29, 0.717) is 6.61 Å². The Balaban J connectivity index is 2.60. The first kappa shape index (κ1) is 12.2. The molecule has 5 nitrogen and oxygen atoms in total. The predicted molar refractivity (Wildman–Crippen MR) is 57.2 cm³/mol. The van der Waals surface area contributed by atoms with Crippen LogP contribution in [0.4, 0.5) is 5.82 Å². The van der Waals surface area contributed by atoms with Crippen LogP contribution in [0.5, 0.6) is 0 Å². The maximum atomic E-state index is 11.3. The summed E-state index contributed by atoms with van der Waals surface area (Å²) < 4.78 is 4.75. The van der Waals surface area contributed by atoms with Crippen molar-refractivity contribution in [2.24, 2.45) is 0 Å². The lowest BCUT2D eigenvalue weighted by atomic mass is 10.4. The molecule has 0 fully saturated rings. The molecule has 0 radical (unpaired) electrons. The highest BCUT2D eigenvalue weighted by atomic mass is 35.5. The summed E-state index contributed by atoms with van der Waals surface area (Å²) in [5.74, 6) is 0.0591. The van der Waals surface area contributed by atoms with Crippen LogP contribution in [0.3, 0.4) is 0 Å². The third kappa shape index (κ3) is 4.42. The highest BCUT2D eigenvalue weighted by molar-refractivity contribution is 6.32. The second-order valence-corrected chi connectivity index (χ2v) is 3.36. The van der Waals surface area contributed by atoms with Crippen LogP contribution in [0, 0.1) is 0 Å². The number of hydrogen-bond donors (Lipinski definition) is 1. The van der Waals surface area contributed by atoms with Crippen LogP contribution in [-0.2, 0) is 9.53 Å². The minimum atomic E-state index is -0.220. The number of amides is 1. The molecule has 0 aliphatic heterocycles. The van der Waals surface area contributed by atoms with Gasteiger partial charge in [0.05, 0.1) is 13.0 Å². The van der Waals surface area contributed by atoms with E-state index >= 15 is 0 Å². The van der Waals surface area contributed by atoms with Crippen molar-refractivity contribution in [3.05, 3.63) is 16.5 Å². The third-order valence-electron chi connectivity index (χ3n) is 1.47. The van der Waals surface area contributed by atoms with Crippen molar-refractivity contribution in [2.45, 2.75) is 6.42 Å². The molecule has 0 spiro atoms.